The molecule has 1 atom stereocenters. The highest BCUT2D eigenvalue weighted by Gasteiger charge is 2.39. The standard InChI is InChI=1S/C13H14ClFN2O3/c1-3-12(18)19-13(2)6-11(17-20-13)7-4-10(16)9(15)5-8(7)14/h4-5H,3,6,16H2,1-2H3/t13-/m0/s1. The number of hydrogen-bond acceptors (Lipinski definition) is 5. The van der Waals surface area contributed by atoms with Crippen LogP contribution in [0.1, 0.15) is 32.3 Å². The number of benzene rings is 1. The number of rotatable bonds is 3. The second kappa shape index (κ2) is 5.28. The summed E-state index contributed by atoms with van der Waals surface area (Å²) in [5, 5.41) is 4.03. The highest BCUT2D eigenvalue weighted by atomic mass is 35.5. The number of carbonyl (C=O) groups is 1. The van der Waals surface area contributed by atoms with Crippen LogP contribution in [0.3, 0.4) is 0 Å². The van der Waals surface area contributed by atoms with Crippen LogP contribution >= 0.6 is 11.6 Å². The molecule has 20 heavy (non-hydrogen) atoms. The average Bonchev–Trinajstić information content (AvgIpc) is 2.75. The fraction of sp³-hybridized carbons (Fsp3) is 0.385. The van der Waals surface area contributed by atoms with Crippen LogP contribution in [0.2, 0.25) is 5.02 Å². The van der Waals surface area contributed by atoms with Gasteiger partial charge in [0.2, 0.25) is 0 Å². The molecule has 0 unspecified atom stereocenters. The number of hydrogen-bond donors (Lipinski definition) is 1. The number of nitrogens with zero attached hydrogens (tertiary/aromatic N) is 1. The van der Waals surface area contributed by atoms with Gasteiger partial charge in [0.25, 0.3) is 5.79 Å². The molecule has 0 amide bonds. The Labute approximate surface area is 120 Å². The highest BCUT2D eigenvalue weighted by Crippen LogP contribution is 2.32. The Kier molecular flexibility index (Phi) is 3.85. The Bertz CT molecular complexity index is 591. The molecule has 1 aromatic rings. The number of carbonyl (C=O) groups excluding carboxylic acids is 1. The molecule has 0 spiro atoms. The molecule has 0 saturated carbocycles. The van der Waals surface area contributed by atoms with Gasteiger partial charge in [0, 0.05) is 18.9 Å². The average molecular weight is 301 g/mol. The maximum atomic E-state index is 13.3. The van der Waals surface area contributed by atoms with E-state index in [1.807, 2.05) is 0 Å². The van der Waals surface area contributed by atoms with Gasteiger partial charge in [-0.15, -0.1) is 0 Å². The smallest absolute Gasteiger partial charge is 0.308 e. The molecule has 1 aliphatic rings. The van der Waals surface area contributed by atoms with Gasteiger partial charge in [0.1, 0.15) is 5.82 Å². The minimum atomic E-state index is -1.17. The Morgan fingerprint density at radius 1 is 1.65 bits per heavy atom. The summed E-state index contributed by atoms with van der Waals surface area (Å²) in [5.74, 6) is -2.17. The summed E-state index contributed by atoms with van der Waals surface area (Å²) in [7, 11) is 0. The van der Waals surface area contributed by atoms with E-state index in [1.54, 1.807) is 13.8 Å². The van der Waals surface area contributed by atoms with Crippen LogP contribution in [0.5, 0.6) is 0 Å². The predicted molar refractivity (Wildman–Crippen MR) is 72.8 cm³/mol. The van der Waals surface area contributed by atoms with Crippen molar-refractivity contribution in [1.29, 1.82) is 0 Å². The number of anilines is 1. The van der Waals surface area contributed by atoms with Gasteiger partial charge in [0.15, 0.2) is 0 Å². The fourth-order valence-corrected chi connectivity index (χ4v) is 2.08. The van der Waals surface area contributed by atoms with Crippen molar-refractivity contribution >= 4 is 29.0 Å². The van der Waals surface area contributed by atoms with Gasteiger partial charge < -0.3 is 15.3 Å². The molecule has 0 aromatic heterocycles. The van der Waals surface area contributed by atoms with Gasteiger partial charge in [0.05, 0.1) is 22.8 Å². The van der Waals surface area contributed by atoms with Gasteiger partial charge in [-0.3, -0.25) is 4.79 Å². The largest absolute Gasteiger partial charge is 0.420 e. The number of nitrogen functional groups attached to an aromatic ring is 1. The van der Waals surface area contributed by atoms with Crippen molar-refractivity contribution in [2.24, 2.45) is 5.16 Å². The molecular formula is C13H14ClFN2O3. The molecule has 108 valence electrons. The quantitative estimate of drug-likeness (QED) is 0.688. The number of halogens is 2. The second-order valence-corrected chi connectivity index (χ2v) is 5.03. The zero-order valence-corrected chi connectivity index (χ0v) is 11.8. The van der Waals surface area contributed by atoms with Crippen molar-refractivity contribution < 1.29 is 18.8 Å². The van der Waals surface area contributed by atoms with Crippen molar-refractivity contribution in [3.8, 4) is 0 Å². The maximum Gasteiger partial charge on any atom is 0.308 e. The molecule has 1 aromatic carbocycles. The van der Waals surface area contributed by atoms with Crippen LogP contribution in [0, 0.1) is 5.82 Å². The Hall–Kier alpha value is -1.82. The first-order chi connectivity index (χ1) is 9.34. The third-order valence-corrected chi connectivity index (χ3v) is 3.17. The van der Waals surface area contributed by atoms with E-state index in [2.05, 4.69) is 5.16 Å². The van der Waals surface area contributed by atoms with Gasteiger partial charge in [-0.25, -0.2) is 4.39 Å². The van der Waals surface area contributed by atoms with Gasteiger partial charge >= 0.3 is 5.97 Å². The van der Waals surface area contributed by atoms with Crippen LogP contribution in [0.15, 0.2) is 17.3 Å². The summed E-state index contributed by atoms with van der Waals surface area (Å²) in [6, 6.07) is 2.50. The SMILES string of the molecule is CCC(=O)O[C@]1(C)CC(c2cc(N)c(F)cc2Cl)=NO1. The first kappa shape index (κ1) is 14.6. The number of esters is 1. The van der Waals surface area contributed by atoms with E-state index in [0.717, 1.165) is 6.07 Å². The molecule has 0 bridgehead atoms. The molecule has 1 heterocycles. The number of oxime groups is 1. The van der Waals surface area contributed by atoms with Gasteiger partial charge in [-0.1, -0.05) is 23.7 Å². The summed E-state index contributed by atoms with van der Waals surface area (Å²) in [4.78, 5) is 16.5. The van der Waals surface area contributed by atoms with E-state index < -0.39 is 17.6 Å². The first-order valence-electron chi connectivity index (χ1n) is 6.06. The lowest BCUT2D eigenvalue weighted by atomic mass is 10.0. The van der Waals surface area contributed by atoms with E-state index in [0.29, 0.717) is 11.3 Å². The summed E-state index contributed by atoms with van der Waals surface area (Å²) in [6.45, 7) is 3.28. The zero-order chi connectivity index (χ0) is 14.9. The molecule has 0 saturated heterocycles. The van der Waals surface area contributed by atoms with E-state index >= 15 is 0 Å². The third-order valence-electron chi connectivity index (χ3n) is 2.85. The highest BCUT2D eigenvalue weighted by molar-refractivity contribution is 6.34. The predicted octanol–water partition coefficient (Wildman–Crippen LogP) is 2.86. The van der Waals surface area contributed by atoms with E-state index in [4.69, 9.17) is 26.9 Å². The fourth-order valence-electron chi connectivity index (χ4n) is 1.82. The monoisotopic (exact) mass is 300 g/mol. The number of ether oxygens (including phenoxy) is 1. The van der Waals surface area contributed by atoms with E-state index in [9.17, 15) is 9.18 Å². The molecule has 5 nitrogen and oxygen atoms in total. The van der Waals surface area contributed by atoms with Crippen molar-refractivity contribution in [3.63, 3.8) is 0 Å². The topological polar surface area (TPSA) is 73.9 Å². The maximum absolute atomic E-state index is 13.3. The molecule has 0 aliphatic carbocycles. The van der Waals surface area contributed by atoms with Crippen molar-refractivity contribution in [2.45, 2.75) is 32.5 Å². The molecule has 2 rings (SSSR count). The van der Waals surface area contributed by atoms with Gasteiger partial charge in [-0.05, 0) is 12.1 Å². The first-order valence-corrected chi connectivity index (χ1v) is 6.44. The summed E-state index contributed by atoms with van der Waals surface area (Å²) in [6.07, 6.45) is 0.446. The lowest BCUT2D eigenvalue weighted by Crippen LogP contribution is -2.31. The Morgan fingerprint density at radius 2 is 2.35 bits per heavy atom. The molecule has 0 radical (unpaired) electrons. The lowest BCUT2D eigenvalue weighted by Gasteiger charge is -2.21. The molecule has 2 N–H and O–H groups in total. The van der Waals surface area contributed by atoms with Gasteiger partial charge in [-0.2, -0.15) is 0 Å². The lowest BCUT2D eigenvalue weighted by molar-refractivity contribution is -0.212. The molecular weight excluding hydrogens is 287 g/mol. The van der Waals surface area contributed by atoms with E-state index in [1.165, 1.54) is 6.07 Å². The van der Waals surface area contributed by atoms with Crippen LogP contribution in [0.25, 0.3) is 0 Å². The minimum Gasteiger partial charge on any atom is -0.420 e. The van der Waals surface area contributed by atoms with E-state index in [-0.39, 0.29) is 23.6 Å². The van der Waals surface area contributed by atoms with Crippen LogP contribution in [-0.2, 0) is 14.4 Å². The summed E-state index contributed by atoms with van der Waals surface area (Å²) >= 11 is 5.97. The summed E-state index contributed by atoms with van der Waals surface area (Å²) < 4.78 is 18.4. The molecule has 1 aliphatic heterocycles. The van der Waals surface area contributed by atoms with Crippen LogP contribution < -0.4 is 5.73 Å². The molecule has 0 fully saturated rings. The van der Waals surface area contributed by atoms with Crippen molar-refractivity contribution in [3.05, 3.63) is 28.5 Å². The third kappa shape index (κ3) is 2.85. The second-order valence-electron chi connectivity index (χ2n) is 4.62. The minimum absolute atomic E-state index is 0.0359. The van der Waals surface area contributed by atoms with Crippen LogP contribution in [-0.4, -0.2) is 17.5 Å². The van der Waals surface area contributed by atoms with Crippen molar-refractivity contribution in [1.82, 2.24) is 0 Å². The van der Waals surface area contributed by atoms with Crippen molar-refractivity contribution in [2.75, 3.05) is 5.73 Å². The molecule has 7 heteroatoms. The zero-order valence-electron chi connectivity index (χ0n) is 11.1. The van der Waals surface area contributed by atoms with Crippen LogP contribution in [0.4, 0.5) is 10.1 Å². The Balaban J connectivity index is 2.21. The number of nitrogens with two attached hydrogens (primary N) is 1. The Morgan fingerprint density at radius 3 is 3.00 bits per heavy atom. The normalized spacial score (nSPS) is 21.3. The summed E-state index contributed by atoms with van der Waals surface area (Å²) in [5.41, 5.74) is 6.39.